The van der Waals surface area contributed by atoms with Gasteiger partial charge in [-0.1, -0.05) is 17.4 Å². The molecule has 26 heavy (non-hydrogen) atoms. The Kier molecular flexibility index (Phi) is 4.96. The van der Waals surface area contributed by atoms with Crippen LogP contribution in [0.5, 0.6) is 0 Å². The number of aromatic nitrogens is 1. The van der Waals surface area contributed by atoms with Crippen LogP contribution in [0.1, 0.15) is 25.8 Å². The summed E-state index contributed by atoms with van der Waals surface area (Å²) in [6.07, 6.45) is 4.18. The van der Waals surface area contributed by atoms with Gasteiger partial charge >= 0.3 is 0 Å². The molecule has 0 aromatic carbocycles. The van der Waals surface area contributed by atoms with E-state index in [4.69, 9.17) is 0 Å². The van der Waals surface area contributed by atoms with Crippen molar-refractivity contribution in [1.82, 2.24) is 9.88 Å². The van der Waals surface area contributed by atoms with E-state index in [2.05, 4.69) is 10.3 Å². The molecule has 1 aliphatic rings. The summed E-state index contributed by atoms with van der Waals surface area (Å²) in [6, 6.07) is 5.73. The molecular weight excluding hydrogens is 386 g/mol. The van der Waals surface area contributed by atoms with Crippen LogP contribution in [0.3, 0.4) is 0 Å². The molecule has 1 N–H and O–H groups in total. The fourth-order valence-electron chi connectivity index (χ4n) is 2.64. The second kappa shape index (κ2) is 7.53. The van der Waals surface area contributed by atoms with Crippen molar-refractivity contribution in [2.24, 2.45) is 0 Å². The lowest BCUT2D eigenvalue weighted by molar-refractivity contribution is -0.126. The first-order chi connectivity index (χ1) is 12.7. The van der Waals surface area contributed by atoms with Crippen LogP contribution in [0.25, 0.3) is 6.08 Å². The van der Waals surface area contributed by atoms with Crippen LogP contribution >= 0.6 is 34.0 Å². The molecule has 0 fully saturated rings. The van der Waals surface area contributed by atoms with Crippen molar-refractivity contribution in [2.75, 3.05) is 11.9 Å². The molecule has 0 saturated heterocycles. The molecule has 0 atom stereocenters. The van der Waals surface area contributed by atoms with Gasteiger partial charge < -0.3 is 4.90 Å². The van der Waals surface area contributed by atoms with E-state index in [0.29, 0.717) is 30.2 Å². The molecule has 4 rings (SSSR count). The SMILES string of the molecule is O=C(Nc1nc2c(s1)CN(C(=O)/C=C/c1cccs1)CC2)c1ccsc1. The third-order valence-corrected chi connectivity index (χ3v) is 6.50. The van der Waals surface area contributed by atoms with Crippen LogP contribution in [0.15, 0.2) is 40.4 Å². The number of anilines is 1. The first kappa shape index (κ1) is 17.1. The zero-order valence-corrected chi connectivity index (χ0v) is 16.1. The predicted molar refractivity (Wildman–Crippen MR) is 107 cm³/mol. The summed E-state index contributed by atoms with van der Waals surface area (Å²) < 4.78 is 0. The van der Waals surface area contributed by atoms with Crippen molar-refractivity contribution in [2.45, 2.75) is 13.0 Å². The lowest BCUT2D eigenvalue weighted by Crippen LogP contribution is -2.34. The van der Waals surface area contributed by atoms with E-state index in [1.807, 2.05) is 39.2 Å². The van der Waals surface area contributed by atoms with Crippen molar-refractivity contribution < 1.29 is 9.59 Å². The van der Waals surface area contributed by atoms with E-state index < -0.39 is 0 Å². The second-order valence-corrected chi connectivity index (χ2v) is 8.56. The van der Waals surface area contributed by atoms with Crippen molar-refractivity contribution in [3.8, 4) is 0 Å². The first-order valence-electron chi connectivity index (χ1n) is 8.01. The number of hydrogen-bond donors (Lipinski definition) is 1. The van der Waals surface area contributed by atoms with Crippen molar-refractivity contribution in [3.63, 3.8) is 0 Å². The lowest BCUT2D eigenvalue weighted by atomic mass is 10.2. The van der Waals surface area contributed by atoms with Crippen molar-refractivity contribution in [3.05, 3.63) is 61.4 Å². The Morgan fingerprint density at radius 2 is 2.19 bits per heavy atom. The molecule has 0 unspecified atom stereocenters. The van der Waals surface area contributed by atoms with Gasteiger partial charge in [-0.15, -0.1) is 11.3 Å². The maximum Gasteiger partial charge on any atom is 0.258 e. The molecule has 1 aliphatic heterocycles. The minimum atomic E-state index is -0.149. The summed E-state index contributed by atoms with van der Waals surface area (Å²) in [5.74, 6) is -0.148. The molecule has 3 aromatic heterocycles. The number of nitrogens with zero attached hydrogens (tertiary/aromatic N) is 2. The summed E-state index contributed by atoms with van der Waals surface area (Å²) in [7, 11) is 0. The predicted octanol–water partition coefficient (Wildman–Crippen LogP) is 4.12. The molecule has 2 amide bonds. The smallest absolute Gasteiger partial charge is 0.258 e. The second-order valence-electron chi connectivity index (χ2n) is 5.71. The van der Waals surface area contributed by atoms with Crippen LogP contribution in [0, 0.1) is 0 Å². The molecule has 0 spiro atoms. The highest BCUT2D eigenvalue weighted by Crippen LogP contribution is 2.29. The van der Waals surface area contributed by atoms with Crippen LogP contribution in [-0.4, -0.2) is 28.2 Å². The van der Waals surface area contributed by atoms with Gasteiger partial charge in [-0.3, -0.25) is 14.9 Å². The van der Waals surface area contributed by atoms with Gasteiger partial charge in [-0.25, -0.2) is 4.98 Å². The monoisotopic (exact) mass is 401 g/mol. The van der Waals surface area contributed by atoms with E-state index in [1.165, 1.54) is 22.7 Å². The van der Waals surface area contributed by atoms with Gasteiger partial charge in [-0.05, 0) is 29.0 Å². The van der Waals surface area contributed by atoms with Crippen molar-refractivity contribution >= 4 is 57.0 Å². The van der Waals surface area contributed by atoms with Crippen LogP contribution in [0.4, 0.5) is 5.13 Å². The quantitative estimate of drug-likeness (QED) is 0.669. The standard InChI is InChI=1S/C18H15N3O2S3/c22-16(4-3-13-2-1-8-25-13)21-7-5-14-15(10-21)26-18(19-14)20-17(23)12-6-9-24-11-12/h1-4,6,8-9,11H,5,7,10H2,(H,19,20,23)/b4-3+. The number of nitrogens with one attached hydrogen (secondary N) is 1. The number of thiazole rings is 1. The number of carbonyl (C=O) groups excluding carboxylic acids is 2. The van der Waals surface area contributed by atoms with Gasteiger partial charge in [0.15, 0.2) is 5.13 Å². The average Bonchev–Trinajstić information content (AvgIpc) is 3.39. The van der Waals surface area contributed by atoms with Crippen LogP contribution < -0.4 is 5.32 Å². The Hall–Kier alpha value is -2.29. The molecule has 3 aromatic rings. The summed E-state index contributed by atoms with van der Waals surface area (Å²) >= 11 is 4.53. The fraction of sp³-hybridized carbons (Fsp3) is 0.167. The Balaban J connectivity index is 1.41. The number of hydrogen-bond acceptors (Lipinski definition) is 6. The summed E-state index contributed by atoms with van der Waals surface area (Å²) in [6.45, 7) is 1.18. The average molecular weight is 402 g/mol. The molecule has 5 nitrogen and oxygen atoms in total. The molecule has 0 radical (unpaired) electrons. The van der Waals surface area contributed by atoms with Crippen molar-refractivity contribution in [1.29, 1.82) is 0 Å². The first-order valence-corrected chi connectivity index (χ1v) is 10.7. The van der Waals surface area contributed by atoms with Gasteiger partial charge in [0.25, 0.3) is 5.91 Å². The Morgan fingerprint density at radius 1 is 1.27 bits per heavy atom. The Labute approximate surface area is 162 Å². The minimum absolute atomic E-state index is 0.00121. The Bertz CT molecular complexity index is 943. The van der Waals surface area contributed by atoms with E-state index in [1.54, 1.807) is 23.5 Å². The summed E-state index contributed by atoms with van der Waals surface area (Å²) in [5.41, 5.74) is 1.61. The zero-order chi connectivity index (χ0) is 17.9. The van der Waals surface area contributed by atoms with Crippen LogP contribution in [-0.2, 0) is 17.8 Å². The molecular formula is C18H15N3O2S3. The molecule has 0 saturated carbocycles. The number of fused-ring (bicyclic) bond motifs is 1. The zero-order valence-electron chi connectivity index (χ0n) is 13.7. The number of amides is 2. The molecule has 0 aliphatic carbocycles. The minimum Gasteiger partial charge on any atom is -0.334 e. The molecule has 132 valence electrons. The number of thiophene rings is 2. The van der Waals surface area contributed by atoms with E-state index >= 15 is 0 Å². The molecule has 0 bridgehead atoms. The van der Waals surface area contributed by atoms with Gasteiger partial charge in [-0.2, -0.15) is 11.3 Å². The van der Waals surface area contributed by atoms with Gasteiger partial charge in [0.05, 0.1) is 17.8 Å². The van der Waals surface area contributed by atoms with E-state index in [-0.39, 0.29) is 11.8 Å². The lowest BCUT2D eigenvalue weighted by Gasteiger charge is -2.24. The fourth-order valence-corrected chi connectivity index (χ4v) is 4.92. The highest BCUT2D eigenvalue weighted by molar-refractivity contribution is 7.16. The van der Waals surface area contributed by atoms with Crippen LogP contribution in [0.2, 0.25) is 0 Å². The highest BCUT2D eigenvalue weighted by Gasteiger charge is 2.23. The maximum absolute atomic E-state index is 12.4. The number of rotatable bonds is 4. The Morgan fingerprint density at radius 3 is 2.96 bits per heavy atom. The highest BCUT2D eigenvalue weighted by atomic mass is 32.1. The third-order valence-electron chi connectivity index (χ3n) is 3.98. The topological polar surface area (TPSA) is 62.3 Å². The largest absolute Gasteiger partial charge is 0.334 e. The van der Waals surface area contributed by atoms with Gasteiger partial charge in [0.1, 0.15) is 0 Å². The van der Waals surface area contributed by atoms with E-state index in [9.17, 15) is 9.59 Å². The normalized spacial score (nSPS) is 13.8. The van der Waals surface area contributed by atoms with Gasteiger partial charge in [0.2, 0.25) is 5.91 Å². The molecule has 4 heterocycles. The maximum atomic E-state index is 12.4. The molecule has 8 heteroatoms. The summed E-state index contributed by atoms with van der Waals surface area (Å²) in [4.78, 5) is 33.0. The summed E-state index contributed by atoms with van der Waals surface area (Å²) in [5, 5.41) is 9.11. The van der Waals surface area contributed by atoms with E-state index in [0.717, 1.165) is 15.4 Å². The third kappa shape index (κ3) is 3.77. The number of carbonyl (C=O) groups is 2. The van der Waals surface area contributed by atoms with Gasteiger partial charge in [0, 0.05) is 34.2 Å².